The first-order valence-corrected chi connectivity index (χ1v) is 8.37. The molecule has 1 aromatic carbocycles. The lowest BCUT2D eigenvalue weighted by atomic mass is 10.3. The van der Waals surface area contributed by atoms with E-state index >= 15 is 0 Å². The lowest BCUT2D eigenvalue weighted by molar-refractivity contribution is 0.603. The number of nitrogens with two attached hydrogens (primary N) is 1. The number of sulfonamides is 1. The zero-order chi connectivity index (χ0) is 14.8. The summed E-state index contributed by atoms with van der Waals surface area (Å²) in [5, 5.41) is -0.0608. The van der Waals surface area contributed by atoms with E-state index in [1.54, 1.807) is 6.07 Å². The molecule has 0 atom stereocenters. The fourth-order valence-electron chi connectivity index (χ4n) is 1.54. The second-order valence-corrected chi connectivity index (χ2v) is 7.48. The van der Waals surface area contributed by atoms with Gasteiger partial charge >= 0.3 is 0 Å². The lowest BCUT2D eigenvalue weighted by Crippen LogP contribution is -2.11. The van der Waals surface area contributed by atoms with Crippen molar-refractivity contribution >= 4 is 38.6 Å². The molecule has 0 bridgehead atoms. The van der Waals surface area contributed by atoms with Crippen molar-refractivity contribution in [2.45, 2.75) is 10.6 Å². The zero-order valence-electron chi connectivity index (χ0n) is 10.3. The summed E-state index contributed by atoms with van der Waals surface area (Å²) in [6.07, 6.45) is 0.621. The summed E-state index contributed by atoms with van der Waals surface area (Å²) in [7, 11) is -3.72. The van der Waals surface area contributed by atoms with Gasteiger partial charge in [0, 0.05) is 4.88 Å². The third kappa shape index (κ3) is 3.49. The highest BCUT2D eigenvalue weighted by Gasteiger charge is 2.17. The number of nitrogens with one attached hydrogen (secondary N) is 1. The number of hydrogen-bond donors (Lipinski definition) is 2. The summed E-state index contributed by atoms with van der Waals surface area (Å²) < 4.78 is 40.0. The zero-order valence-corrected chi connectivity index (χ0v) is 12.7. The van der Waals surface area contributed by atoms with Gasteiger partial charge in [-0.3, -0.25) is 4.72 Å². The molecule has 1 aromatic heterocycles. The van der Waals surface area contributed by atoms with Crippen LogP contribution in [0.15, 0.2) is 34.5 Å². The van der Waals surface area contributed by atoms with Gasteiger partial charge < -0.3 is 5.73 Å². The van der Waals surface area contributed by atoms with Gasteiger partial charge in [0.15, 0.2) is 0 Å². The Morgan fingerprint density at radius 3 is 2.70 bits per heavy atom. The molecule has 0 radical (unpaired) electrons. The molecule has 1 heterocycles. The van der Waals surface area contributed by atoms with E-state index in [0.717, 1.165) is 22.3 Å². The number of thiophene rings is 1. The van der Waals surface area contributed by atoms with E-state index in [1.807, 2.05) is 0 Å². The molecule has 4 nitrogen and oxygen atoms in total. The standard InChI is InChI=1S/C12H12ClFN2O2S2/c13-10-3-1-8(7-11(10)14)16-20(17,18)12-4-2-9(19-12)5-6-15/h1-4,7,16H,5-6,15H2. The van der Waals surface area contributed by atoms with Gasteiger partial charge in [0.2, 0.25) is 0 Å². The molecule has 0 saturated heterocycles. The normalized spacial score (nSPS) is 11.6. The van der Waals surface area contributed by atoms with Crippen molar-refractivity contribution in [1.82, 2.24) is 0 Å². The summed E-state index contributed by atoms with van der Waals surface area (Å²) in [6.45, 7) is 0.454. The molecule has 8 heteroatoms. The first-order chi connectivity index (χ1) is 9.42. The molecule has 108 valence electrons. The fourth-order valence-corrected chi connectivity index (χ4v) is 4.08. The monoisotopic (exact) mass is 334 g/mol. The molecule has 2 aromatic rings. The third-order valence-corrected chi connectivity index (χ3v) is 5.79. The molecule has 3 N–H and O–H groups in total. The Bertz CT molecular complexity index is 716. The van der Waals surface area contributed by atoms with E-state index in [-0.39, 0.29) is 14.9 Å². The van der Waals surface area contributed by atoms with Crippen molar-refractivity contribution in [3.63, 3.8) is 0 Å². The van der Waals surface area contributed by atoms with Crippen molar-refractivity contribution in [2.75, 3.05) is 11.3 Å². The van der Waals surface area contributed by atoms with E-state index in [2.05, 4.69) is 4.72 Å². The molecule has 2 rings (SSSR count). The van der Waals surface area contributed by atoms with Crippen LogP contribution in [0.3, 0.4) is 0 Å². The van der Waals surface area contributed by atoms with Gasteiger partial charge in [-0.1, -0.05) is 11.6 Å². The lowest BCUT2D eigenvalue weighted by Gasteiger charge is -2.06. The maximum absolute atomic E-state index is 13.3. The van der Waals surface area contributed by atoms with Crippen LogP contribution in [-0.4, -0.2) is 15.0 Å². The Morgan fingerprint density at radius 1 is 1.30 bits per heavy atom. The van der Waals surface area contributed by atoms with Gasteiger partial charge in [0.05, 0.1) is 10.7 Å². The maximum Gasteiger partial charge on any atom is 0.271 e. The summed E-state index contributed by atoms with van der Waals surface area (Å²) in [4.78, 5) is 0.884. The molecule has 0 spiro atoms. The second kappa shape index (κ2) is 6.09. The van der Waals surface area contributed by atoms with E-state index in [1.165, 1.54) is 18.2 Å². The van der Waals surface area contributed by atoms with Crippen LogP contribution in [-0.2, 0) is 16.4 Å². The number of benzene rings is 1. The topological polar surface area (TPSA) is 72.2 Å². The minimum absolute atomic E-state index is 0.0608. The maximum atomic E-state index is 13.3. The average Bonchev–Trinajstić information content (AvgIpc) is 2.83. The van der Waals surface area contributed by atoms with E-state index in [4.69, 9.17) is 17.3 Å². The van der Waals surface area contributed by atoms with Gasteiger partial charge in [-0.15, -0.1) is 11.3 Å². The van der Waals surface area contributed by atoms with Gasteiger partial charge in [-0.05, 0) is 43.3 Å². The first kappa shape index (κ1) is 15.2. The highest BCUT2D eigenvalue weighted by atomic mass is 35.5. The van der Waals surface area contributed by atoms with Crippen LogP contribution in [0.4, 0.5) is 10.1 Å². The van der Waals surface area contributed by atoms with Gasteiger partial charge in [-0.25, -0.2) is 12.8 Å². The Kier molecular flexibility index (Phi) is 4.64. The molecule has 0 aliphatic carbocycles. The van der Waals surface area contributed by atoms with Crippen LogP contribution >= 0.6 is 22.9 Å². The Morgan fingerprint density at radius 2 is 2.05 bits per heavy atom. The van der Waals surface area contributed by atoms with Crippen LogP contribution in [0.25, 0.3) is 0 Å². The smallest absolute Gasteiger partial charge is 0.271 e. The first-order valence-electron chi connectivity index (χ1n) is 5.69. The average molecular weight is 335 g/mol. The third-order valence-electron chi connectivity index (χ3n) is 2.46. The van der Waals surface area contributed by atoms with Crippen molar-refractivity contribution < 1.29 is 12.8 Å². The summed E-state index contributed by atoms with van der Waals surface area (Å²) in [5.74, 6) is -0.679. The quantitative estimate of drug-likeness (QED) is 0.883. The van der Waals surface area contributed by atoms with Gasteiger partial charge in [0.1, 0.15) is 10.0 Å². The van der Waals surface area contributed by atoms with Crippen LogP contribution in [0.1, 0.15) is 4.88 Å². The second-order valence-electron chi connectivity index (χ2n) is 3.99. The molecule has 0 aliphatic rings. The SMILES string of the molecule is NCCc1ccc(S(=O)(=O)Nc2ccc(Cl)c(F)c2)s1. The highest BCUT2D eigenvalue weighted by molar-refractivity contribution is 7.94. The number of halogens is 2. The van der Waals surface area contributed by atoms with Crippen molar-refractivity contribution in [1.29, 1.82) is 0 Å². The Hall–Kier alpha value is -1.15. The molecular formula is C12H12ClFN2O2S2. The predicted molar refractivity (Wildman–Crippen MR) is 79.3 cm³/mol. The summed E-state index contributed by atoms with van der Waals surface area (Å²) in [5.41, 5.74) is 5.55. The summed E-state index contributed by atoms with van der Waals surface area (Å²) >= 11 is 6.69. The Labute approximate surface area is 125 Å². The molecular weight excluding hydrogens is 323 g/mol. The predicted octanol–water partition coefficient (Wildman–Crippen LogP) is 2.84. The van der Waals surface area contributed by atoms with Crippen LogP contribution in [0, 0.1) is 5.82 Å². The molecule has 0 aliphatic heterocycles. The van der Waals surface area contributed by atoms with Crippen molar-refractivity contribution in [2.24, 2.45) is 5.73 Å². The van der Waals surface area contributed by atoms with Crippen LogP contribution < -0.4 is 10.5 Å². The fraction of sp³-hybridized carbons (Fsp3) is 0.167. The molecule has 20 heavy (non-hydrogen) atoms. The van der Waals surface area contributed by atoms with E-state index in [9.17, 15) is 12.8 Å². The molecule has 0 unspecified atom stereocenters. The molecule has 0 amide bonds. The van der Waals surface area contributed by atoms with E-state index < -0.39 is 15.8 Å². The highest BCUT2D eigenvalue weighted by Crippen LogP contribution is 2.25. The van der Waals surface area contributed by atoms with Gasteiger partial charge in [-0.2, -0.15) is 0 Å². The minimum atomic E-state index is -3.72. The Balaban J connectivity index is 2.23. The number of rotatable bonds is 5. The molecule has 0 saturated carbocycles. The largest absolute Gasteiger partial charge is 0.330 e. The minimum Gasteiger partial charge on any atom is -0.330 e. The van der Waals surface area contributed by atoms with Crippen molar-refractivity contribution in [3.05, 3.63) is 46.0 Å². The van der Waals surface area contributed by atoms with Crippen LogP contribution in [0.2, 0.25) is 5.02 Å². The van der Waals surface area contributed by atoms with Crippen LogP contribution in [0.5, 0.6) is 0 Å². The summed E-state index contributed by atoms with van der Waals surface area (Å²) in [6, 6.07) is 6.95. The van der Waals surface area contributed by atoms with E-state index in [0.29, 0.717) is 13.0 Å². The van der Waals surface area contributed by atoms with Crippen molar-refractivity contribution in [3.8, 4) is 0 Å². The molecule has 0 fully saturated rings. The van der Waals surface area contributed by atoms with Gasteiger partial charge in [0.25, 0.3) is 10.0 Å². The number of hydrogen-bond acceptors (Lipinski definition) is 4. The number of anilines is 1.